The van der Waals surface area contributed by atoms with E-state index in [-0.39, 0.29) is 5.69 Å². The fraction of sp³-hybridized carbons (Fsp3) is 0.0714. The van der Waals surface area contributed by atoms with Crippen LogP contribution in [0.5, 0.6) is 0 Å². The van der Waals surface area contributed by atoms with E-state index in [1.807, 2.05) is 24.3 Å². The van der Waals surface area contributed by atoms with Crippen LogP contribution in [0.25, 0.3) is 22.6 Å². The summed E-state index contributed by atoms with van der Waals surface area (Å²) in [5, 5.41) is 10.7. The van der Waals surface area contributed by atoms with E-state index in [9.17, 15) is 10.1 Å². The standard InChI is InChI=1S/C14H9ClN2O3/c15-8-9-1-3-10(4-2-9)14-16-12-6-5-11(17(18)19)7-13(12)20-14/h1-7H,8H2. The van der Waals surface area contributed by atoms with Crippen molar-refractivity contribution in [1.82, 2.24) is 4.98 Å². The summed E-state index contributed by atoms with van der Waals surface area (Å²) in [5.74, 6) is 0.877. The first-order valence-electron chi connectivity index (χ1n) is 5.87. The Labute approximate surface area is 119 Å². The van der Waals surface area contributed by atoms with Crippen LogP contribution < -0.4 is 0 Å². The number of nitro benzene ring substituents is 1. The predicted octanol–water partition coefficient (Wildman–Crippen LogP) is 4.14. The molecule has 0 saturated carbocycles. The van der Waals surface area contributed by atoms with Crippen molar-refractivity contribution in [2.24, 2.45) is 0 Å². The van der Waals surface area contributed by atoms with E-state index in [0.29, 0.717) is 22.9 Å². The second-order valence-electron chi connectivity index (χ2n) is 4.26. The molecule has 1 heterocycles. The molecule has 0 bridgehead atoms. The normalized spacial score (nSPS) is 10.8. The van der Waals surface area contributed by atoms with E-state index >= 15 is 0 Å². The number of alkyl halides is 1. The number of hydrogen-bond donors (Lipinski definition) is 0. The number of nitro groups is 1. The zero-order valence-corrected chi connectivity index (χ0v) is 11.0. The molecular formula is C14H9ClN2O3. The maximum atomic E-state index is 10.7. The van der Waals surface area contributed by atoms with Gasteiger partial charge < -0.3 is 4.42 Å². The number of oxazole rings is 1. The molecule has 0 radical (unpaired) electrons. The number of fused-ring (bicyclic) bond motifs is 1. The van der Waals surface area contributed by atoms with Crippen molar-refractivity contribution < 1.29 is 9.34 Å². The molecule has 0 aliphatic heterocycles. The molecule has 0 saturated heterocycles. The molecule has 0 fully saturated rings. The minimum Gasteiger partial charge on any atom is -0.436 e. The van der Waals surface area contributed by atoms with Crippen LogP contribution in [0.1, 0.15) is 5.56 Å². The van der Waals surface area contributed by atoms with Crippen molar-refractivity contribution in [3.05, 3.63) is 58.1 Å². The molecule has 0 unspecified atom stereocenters. The number of halogens is 1. The van der Waals surface area contributed by atoms with Crippen molar-refractivity contribution in [3.8, 4) is 11.5 Å². The topological polar surface area (TPSA) is 69.2 Å². The third kappa shape index (κ3) is 2.23. The van der Waals surface area contributed by atoms with Gasteiger partial charge in [-0.3, -0.25) is 10.1 Å². The summed E-state index contributed by atoms with van der Waals surface area (Å²) in [6.07, 6.45) is 0. The third-order valence-corrected chi connectivity index (χ3v) is 3.25. The summed E-state index contributed by atoms with van der Waals surface area (Å²) in [6.45, 7) is 0. The maximum Gasteiger partial charge on any atom is 0.273 e. The zero-order chi connectivity index (χ0) is 14.1. The average molecular weight is 289 g/mol. The molecule has 0 aliphatic rings. The number of rotatable bonds is 3. The molecule has 0 aliphatic carbocycles. The van der Waals surface area contributed by atoms with Gasteiger partial charge in [0.05, 0.1) is 11.0 Å². The van der Waals surface area contributed by atoms with Gasteiger partial charge in [0, 0.05) is 17.5 Å². The molecule has 100 valence electrons. The molecule has 5 nitrogen and oxygen atoms in total. The highest BCUT2D eigenvalue weighted by molar-refractivity contribution is 6.17. The lowest BCUT2D eigenvalue weighted by atomic mass is 10.1. The summed E-state index contributed by atoms with van der Waals surface area (Å²) >= 11 is 5.73. The quantitative estimate of drug-likeness (QED) is 0.412. The molecule has 6 heteroatoms. The smallest absolute Gasteiger partial charge is 0.273 e. The first-order valence-corrected chi connectivity index (χ1v) is 6.41. The molecule has 20 heavy (non-hydrogen) atoms. The zero-order valence-electron chi connectivity index (χ0n) is 10.2. The van der Waals surface area contributed by atoms with E-state index < -0.39 is 4.92 Å². The average Bonchev–Trinajstić information content (AvgIpc) is 2.90. The Bertz CT molecular complexity index is 781. The second kappa shape index (κ2) is 4.94. The fourth-order valence-corrected chi connectivity index (χ4v) is 2.06. The Morgan fingerprint density at radius 3 is 2.60 bits per heavy atom. The Hall–Kier alpha value is -2.40. The van der Waals surface area contributed by atoms with Crippen molar-refractivity contribution in [2.75, 3.05) is 0 Å². The Kier molecular flexibility index (Phi) is 3.12. The highest BCUT2D eigenvalue weighted by Crippen LogP contribution is 2.27. The van der Waals surface area contributed by atoms with Gasteiger partial charge in [0.25, 0.3) is 5.69 Å². The molecule has 3 aromatic rings. The van der Waals surface area contributed by atoms with E-state index in [4.69, 9.17) is 16.0 Å². The van der Waals surface area contributed by atoms with Gasteiger partial charge in [-0.1, -0.05) is 12.1 Å². The van der Waals surface area contributed by atoms with E-state index in [1.54, 1.807) is 6.07 Å². The van der Waals surface area contributed by atoms with Gasteiger partial charge in [-0.05, 0) is 23.8 Å². The van der Waals surface area contributed by atoms with Crippen LogP contribution in [0, 0.1) is 10.1 Å². The number of hydrogen-bond acceptors (Lipinski definition) is 4. The van der Waals surface area contributed by atoms with Crippen LogP contribution in [0.4, 0.5) is 5.69 Å². The third-order valence-electron chi connectivity index (χ3n) is 2.94. The molecule has 0 atom stereocenters. The van der Waals surface area contributed by atoms with Gasteiger partial charge in [-0.25, -0.2) is 4.98 Å². The maximum absolute atomic E-state index is 10.7. The predicted molar refractivity (Wildman–Crippen MR) is 75.7 cm³/mol. The number of non-ortho nitro benzene ring substituents is 1. The summed E-state index contributed by atoms with van der Waals surface area (Å²) < 4.78 is 5.57. The van der Waals surface area contributed by atoms with Crippen LogP contribution in [0.2, 0.25) is 0 Å². The Morgan fingerprint density at radius 2 is 1.95 bits per heavy atom. The second-order valence-corrected chi connectivity index (χ2v) is 4.53. The van der Waals surface area contributed by atoms with Crippen molar-refractivity contribution >= 4 is 28.4 Å². The molecule has 2 aromatic carbocycles. The van der Waals surface area contributed by atoms with Gasteiger partial charge in [-0.15, -0.1) is 11.6 Å². The van der Waals surface area contributed by atoms with Gasteiger partial charge in [0.1, 0.15) is 5.52 Å². The number of benzene rings is 2. The monoisotopic (exact) mass is 288 g/mol. The SMILES string of the molecule is O=[N+]([O-])c1ccc2nc(-c3ccc(CCl)cc3)oc2c1. The van der Waals surface area contributed by atoms with Crippen LogP contribution in [-0.2, 0) is 5.88 Å². The van der Waals surface area contributed by atoms with Gasteiger partial charge in [0.15, 0.2) is 5.58 Å². The highest BCUT2D eigenvalue weighted by Gasteiger charge is 2.12. The first kappa shape index (κ1) is 12.6. The summed E-state index contributed by atoms with van der Waals surface area (Å²) in [7, 11) is 0. The van der Waals surface area contributed by atoms with Gasteiger partial charge in [0.2, 0.25) is 5.89 Å². The van der Waals surface area contributed by atoms with Crippen LogP contribution in [-0.4, -0.2) is 9.91 Å². The summed E-state index contributed by atoms with van der Waals surface area (Å²) in [6, 6.07) is 11.9. The highest BCUT2D eigenvalue weighted by atomic mass is 35.5. The van der Waals surface area contributed by atoms with Crippen molar-refractivity contribution in [3.63, 3.8) is 0 Å². The lowest BCUT2D eigenvalue weighted by Crippen LogP contribution is -1.86. The molecule has 0 spiro atoms. The van der Waals surface area contributed by atoms with E-state index in [0.717, 1.165) is 11.1 Å². The number of nitrogens with zero attached hydrogens (tertiary/aromatic N) is 2. The summed E-state index contributed by atoms with van der Waals surface area (Å²) in [5.41, 5.74) is 2.78. The van der Waals surface area contributed by atoms with E-state index in [2.05, 4.69) is 4.98 Å². The molecule has 0 N–H and O–H groups in total. The van der Waals surface area contributed by atoms with Crippen molar-refractivity contribution in [2.45, 2.75) is 5.88 Å². The number of aromatic nitrogens is 1. The summed E-state index contributed by atoms with van der Waals surface area (Å²) in [4.78, 5) is 14.6. The Morgan fingerprint density at radius 1 is 1.20 bits per heavy atom. The fourth-order valence-electron chi connectivity index (χ4n) is 1.89. The van der Waals surface area contributed by atoms with Crippen LogP contribution in [0.15, 0.2) is 46.9 Å². The lowest BCUT2D eigenvalue weighted by molar-refractivity contribution is -0.384. The van der Waals surface area contributed by atoms with Crippen LogP contribution >= 0.6 is 11.6 Å². The van der Waals surface area contributed by atoms with E-state index in [1.165, 1.54) is 12.1 Å². The molecule has 3 rings (SSSR count). The van der Waals surface area contributed by atoms with Gasteiger partial charge >= 0.3 is 0 Å². The lowest BCUT2D eigenvalue weighted by Gasteiger charge is -1.97. The molecular weight excluding hydrogens is 280 g/mol. The minimum absolute atomic E-state index is 0.0160. The van der Waals surface area contributed by atoms with Crippen molar-refractivity contribution in [1.29, 1.82) is 0 Å². The molecule has 0 amide bonds. The largest absolute Gasteiger partial charge is 0.436 e. The van der Waals surface area contributed by atoms with Crippen LogP contribution in [0.3, 0.4) is 0 Å². The minimum atomic E-state index is -0.461. The molecule has 1 aromatic heterocycles. The van der Waals surface area contributed by atoms with Gasteiger partial charge in [-0.2, -0.15) is 0 Å². The first-order chi connectivity index (χ1) is 9.67. The Balaban J connectivity index is 2.05.